The van der Waals surface area contributed by atoms with Crippen LogP contribution in [0.15, 0.2) is 59.9 Å². The van der Waals surface area contributed by atoms with Gasteiger partial charge in [-0.15, -0.1) is 10.2 Å². The lowest BCUT2D eigenvalue weighted by Gasteiger charge is -2.11. The lowest BCUT2D eigenvalue weighted by atomic mass is 10.1. The number of para-hydroxylation sites is 1. The molecule has 0 bridgehead atoms. The third kappa shape index (κ3) is 4.46. The second-order valence-electron chi connectivity index (χ2n) is 6.87. The van der Waals surface area contributed by atoms with Crippen molar-refractivity contribution in [3.8, 4) is 17.1 Å². The molecule has 0 aliphatic heterocycles. The average molecular weight is 436 g/mol. The first-order valence-corrected chi connectivity index (χ1v) is 10.6. The Labute approximate surface area is 183 Å². The fourth-order valence-electron chi connectivity index (χ4n) is 3.22. The number of carbonyl (C=O) groups is 2. The summed E-state index contributed by atoms with van der Waals surface area (Å²) in [6.07, 6.45) is 1.92. The van der Waals surface area contributed by atoms with Gasteiger partial charge in [-0.05, 0) is 30.7 Å². The number of thioether (sulfide) groups is 1. The number of hydrogen-bond acceptors (Lipinski definition) is 6. The van der Waals surface area contributed by atoms with Crippen molar-refractivity contribution in [3.63, 3.8) is 0 Å². The summed E-state index contributed by atoms with van der Waals surface area (Å²) in [6, 6.07) is 16.0. The number of nitrogens with zero attached hydrogens (tertiary/aromatic N) is 3. The monoisotopic (exact) mass is 435 g/mol. The van der Waals surface area contributed by atoms with Crippen molar-refractivity contribution in [2.45, 2.75) is 12.1 Å². The highest BCUT2D eigenvalue weighted by Crippen LogP contribution is 2.32. The second kappa shape index (κ2) is 9.05. The topological polar surface area (TPSA) is 102 Å². The molecule has 1 amide bonds. The number of carbonyl (C=O) groups excluding carboxylic acids is 2. The van der Waals surface area contributed by atoms with E-state index in [-0.39, 0.29) is 18.2 Å². The van der Waals surface area contributed by atoms with Crippen molar-refractivity contribution in [1.82, 2.24) is 25.1 Å². The minimum Gasteiger partial charge on any atom is -0.468 e. The molecule has 8 nitrogen and oxygen atoms in total. The Hall–Kier alpha value is -3.59. The first kappa shape index (κ1) is 20.7. The van der Waals surface area contributed by atoms with Gasteiger partial charge < -0.3 is 15.0 Å². The lowest BCUT2D eigenvalue weighted by Crippen LogP contribution is -2.31. The zero-order valence-electron chi connectivity index (χ0n) is 17.1. The minimum atomic E-state index is -0.497. The number of hydrogen-bond donors (Lipinski definition) is 2. The van der Waals surface area contributed by atoms with Crippen LogP contribution in [0, 0.1) is 6.92 Å². The molecule has 2 N–H and O–H groups in total. The molecule has 2 aromatic heterocycles. The Morgan fingerprint density at radius 3 is 2.81 bits per heavy atom. The first-order chi connectivity index (χ1) is 15.1. The van der Waals surface area contributed by atoms with Gasteiger partial charge in [-0.25, -0.2) is 0 Å². The van der Waals surface area contributed by atoms with E-state index in [9.17, 15) is 9.59 Å². The lowest BCUT2D eigenvalue weighted by molar-refractivity contribution is -0.140. The van der Waals surface area contributed by atoms with Gasteiger partial charge in [0, 0.05) is 28.4 Å². The molecule has 9 heteroatoms. The van der Waals surface area contributed by atoms with E-state index < -0.39 is 5.97 Å². The van der Waals surface area contributed by atoms with Gasteiger partial charge in [0.15, 0.2) is 11.0 Å². The number of aromatic nitrogens is 4. The molecule has 0 unspecified atom stereocenters. The maximum Gasteiger partial charge on any atom is 0.325 e. The molecule has 0 saturated heterocycles. The van der Waals surface area contributed by atoms with Crippen LogP contribution >= 0.6 is 11.8 Å². The van der Waals surface area contributed by atoms with E-state index in [2.05, 4.69) is 25.2 Å². The van der Waals surface area contributed by atoms with Gasteiger partial charge >= 0.3 is 5.97 Å². The van der Waals surface area contributed by atoms with Crippen LogP contribution in [0.5, 0.6) is 0 Å². The number of nitrogens with one attached hydrogen (secondary N) is 2. The number of esters is 1. The Balaban J connectivity index is 1.68. The summed E-state index contributed by atoms with van der Waals surface area (Å²) < 4.78 is 6.49. The summed E-state index contributed by atoms with van der Waals surface area (Å²) in [5.41, 5.74) is 3.94. The smallest absolute Gasteiger partial charge is 0.325 e. The highest BCUT2D eigenvalue weighted by atomic mass is 32.2. The van der Waals surface area contributed by atoms with E-state index in [0.717, 1.165) is 27.7 Å². The zero-order chi connectivity index (χ0) is 21.8. The van der Waals surface area contributed by atoms with Crippen LogP contribution < -0.4 is 5.32 Å². The number of H-pyrrole nitrogens is 1. The van der Waals surface area contributed by atoms with Gasteiger partial charge in [0.25, 0.3) is 0 Å². The predicted octanol–water partition coefficient (Wildman–Crippen LogP) is 3.11. The molecule has 0 aliphatic carbocycles. The molecular formula is C22H21N5O3S. The van der Waals surface area contributed by atoms with Crippen LogP contribution in [-0.2, 0) is 14.3 Å². The van der Waals surface area contributed by atoms with Crippen molar-refractivity contribution in [2.75, 3.05) is 19.4 Å². The second-order valence-corrected chi connectivity index (χ2v) is 7.81. The van der Waals surface area contributed by atoms with Crippen LogP contribution in [0.2, 0.25) is 0 Å². The maximum atomic E-state index is 12.1. The minimum absolute atomic E-state index is 0.0921. The Morgan fingerprint density at radius 2 is 2.00 bits per heavy atom. The van der Waals surface area contributed by atoms with E-state index in [4.69, 9.17) is 0 Å². The molecule has 4 rings (SSSR count). The molecule has 0 spiro atoms. The Bertz CT molecular complexity index is 1250. The van der Waals surface area contributed by atoms with Crippen molar-refractivity contribution in [3.05, 3.63) is 60.3 Å². The number of benzene rings is 2. The van der Waals surface area contributed by atoms with Crippen LogP contribution in [0.25, 0.3) is 28.0 Å². The Kier molecular flexibility index (Phi) is 6.03. The normalized spacial score (nSPS) is 10.9. The number of methoxy groups -OCH3 is 1. The van der Waals surface area contributed by atoms with Crippen molar-refractivity contribution in [2.24, 2.45) is 0 Å². The summed E-state index contributed by atoms with van der Waals surface area (Å²) >= 11 is 1.25. The third-order valence-electron chi connectivity index (χ3n) is 4.71. The number of ether oxygens (including phenoxy) is 1. The molecule has 0 aliphatic rings. The SMILES string of the molecule is COC(=O)CNC(=O)CSc1nnc(-c2c[nH]c3ccccc23)n1-c1cccc(C)c1. The standard InChI is InChI=1S/C22H21N5O3S/c1-14-6-5-7-15(10-14)27-21(17-11-23-18-9-4-3-8-16(17)18)25-26-22(27)31-13-19(28)24-12-20(29)30-2/h3-11,23H,12-13H2,1-2H3,(H,24,28). The van der Waals surface area contributed by atoms with Gasteiger partial charge in [-0.3, -0.25) is 14.2 Å². The number of aryl methyl sites for hydroxylation is 1. The molecule has 4 aromatic rings. The van der Waals surface area contributed by atoms with E-state index in [1.165, 1.54) is 18.9 Å². The molecule has 0 atom stereocenters. The number of amides is 1. The fraction of sp³-hybridized carbons (Fsp3) is 0.182. The Morgan fingerprint density at radius 1 is 1.16 bits per heavy atom. The van der Waals surface area contributed by atoms with Gasteiger partial charge in [0.05, 0.1) is 12.9 Å². The van der Waals surface area contributed by atoms with Crippen LogP contribution in [-0.4, -0.2) is 51.0 Å². The van der Waals surface area contributed by atoms with Crippen LogP contribution in [0.1, 0.15) is 5.56 Å². The summed E-state index contributed by atoms with van der Waals surface area (Å²) in [7, 11) is 1.28. The number of fused-ring (bicyclic) bond motifs is 1. The number of rotatable bonds is 7. The fourth-order valence-corrected chi connectivity index (χ4v) is 4.00. The third-order valence-corrected chi connectivity index (χ3v) is 5.64. The van der Waals surface area contributed by atoms with Crippen molar-refractivity contribution < 1.29 is 14.3 Å². The summed E-state index contributed by atoms with van der Waals surface area (Å²) in [5, 5.41) is 13.0. The van der Waals surface area contributed by atoms with E-state index in [1.54, 1.807) is 0 Å². The first-order valence-electron chi connectivity index (χ1n) is 9.62. The highest BCUT2D eigenvalue weighted by Gasteiger charge is 2.20. The average Bonchev–Trinajstić information content (AvgIpc) is 3.39. The van der Waals surface area contributed by atoms with Crippen LogP contribution in [0.4, 0.5) is 0 Å². The maximum absolute atomic E-state index is 12.1. The molecule has 2 aromatic carbocycles. The molecule has 158 valence electrons. The molecule has 0 radical (unpaired) electrons. The molecule has 2 heterocycles. The van der Waals surface area contributed by atoms with Gasteiger partial charge in [0.1, 0.15) is 6.54 Å². The molecule has 0 fully saturated rings. The van der Waals surface area contributed by atoms with E-state index >= 15 is 0 Å². The van der Waals surface area contributed by atoms with Gasteiger partial charge in [-0.2, -0.15) is 0 Å². The largest absolute Gasteiger partial charge is 0.468 e. The molecular weight excluding hydrogens is 414 g/mol. The quantitative estimate of drug-likeness (QED) is 0.342. The molecule has 0 saturated carbocycles. The molecule has 31 heavy (non-hydrogen) atoms. The van der Waals surface area contributed by atoms with E-state index in [1.807, 2.05) is 66.2 Å². The number of aromatic amines is 1. The van der Waals surface area contributed by atoms with Crippen molar-refractivity contribution in [1.29, 1.82) is 0 Å². The van der Waals surface area contributed by atoms with Crippen molar-refractivity contribution >= 4 is 34.5 Å². The summed E-state index contributed by atoms with van der Waals surface area (Å²) in [4.78, 5) is 26.7. The van der Waals surface area contributed by atoms with Gasteiger partial charge in [0.2, 0.25) is 5.91 Å². The zero-order valence-corrected chi connectivity index (χ0v) is 17.9. The summed E-state index contributed by atoms with van der Waals surface area (Å²) in [5.74, 6) is -0.0132. The van der Waals surface area contributed by atoms with Crippen LogP contribution in [0.3, 0.4) is 0 Å². The summed E-state index contributed by atoms with van der Waals surface area (Å²) in [6.45, 7) is 1.85. The van der Waals surface area contributed by atoms with Gasteiger partial charge in [-0.1, -0.05) is 42.1 Å². The predicted molar refractivity (Wildman–Crippen MR) is 119 cm³/mol. The highest BCUT2D eigenvalue weighted by molar-refractivity contribution is 7.99. The van der Waals surface area contributed by atoms with E-state index in [0.29, 0.717) is 11.0 Å².